The van der Waals surface area contributed by atoms with Gasteiger partial charge in [-0.2, -0.15) is 0 Å². The van der Waals surface area contributed by atoms with Gasteiger partial charge in [-0.3, -0.25) is 4.79 Å². The number of hydrogen-bond acceptors (Lipinski definition) is 3. The molecule has 2 aliphatic carbocycles. The molecule has 3 aliphatic rings. The van der Waals surface area contributed by atoms with Gasteiger partial charge in [0.05, 0.1) is 5.60 Å². The third-order valence-electron chi connectivity index (χ3n) is 8.26. The molecule has 1 aromatic carbocycles. The minimum atomic E-state index is -0.838. The summed E-state index contributed by atoms with van der Waals surface area (Å²) in [7, 11) is 0. The third kappa shape index (κ3) is 2.72. The van der Waals surface area contributed by atoms with Gasteiger partial charge in [-0.05, 0) is 76.3 Å². The standard InChI is InChI=1S/C26H35N3O2/c1-15(2)29(16(3)4)24(30)23-17(5)19-13-26(31)22-12-18-8-6-7-9-20(18)25(26,10-11-27-22)14-21(19)28-23/h6-9,15-16,22,27-28,31H,10-14H2,1-5H3/t22-,25-,26+/m0/s1. The number of aromatic amines is 1. The Morgan fingerprint density at radius 1 is 1.16 bits per heavy atom. The topological polar surface area (TPSA) is 68.4 Å². The van der Waals surface area contributed by atoms with Crippen LogP contribution in [0, 0.1) is 6.92 Å². The van der Waals surface area contributed by atoms with E-state index in [0.29, 0.717) is 12.1 Å². The summed E-state index contributed by atoms with van der Waals surface area (Å²) in [6.45, 7) is 11.2. The van der Waals surface area contributed by atoms with Crippen molar-refractivity contribution in [2.45, 2.75) is 89.4 Å². The first-order valence-electron chi connectivity index (χ1n) is 11.8. The van der Waals surface area contributed by atoms with E-state index >= 15 is 0 Å². The van der Waals surface area contributed by atoms with Crippen LogP contribution in [0.1, 0.15) is 72.6 Å². The molecule has 5 rings (SSSR count). The van der Waals surface area contributed by atoms with Crippen LogP contribution in [-0.4, -0.2) is 51.2 Å². The summed E-state index contributed by atoms with van der Waals surface area (Å²) in [5, 5.41) is 15.9. The number of nitrogens with zero attached hydrogens (tertiary/aromatic N) is 1. The van der Waals surface area contributed by atoms with Gasteiger partial charge >= 0.3 is 0 Å². The number of H-pyrrole nitrogens is 1. The molecule has 2 aromatic rings. The normalized spacial score (nSPS) is 28.8. The van der Waals surface area contributed by atoms with Crippen molar-refractivity contribution in [3.63, 3.8) is 0 Å². The first-order chi connectivity index (χ1) is 14.7. The molecule has 1 aliphatic heterocycles. The van der Waals surface area contributed by atoms with Crippen molar-refractivity contribution in [3.05, 3.63) is 57.9 Å². The molecular weight excluding hydrogens is 386 g/mol. The fourth-order valence-electron chi connectivity index (χ4n) is 6.87. The second kappa shape index (κ2) is 6.94. The van der Waals surface area contributed by atoms with Crippen molar-refractivity contribution in [1.29, 1.82) is 0 Å². The molecule has 5 nitrogen and oxygen atoms in total. The predicted octanol–water partition coefficient (Wildman–Crippen LogP) is 3.27. The molecule has 0 spiro atoms. The largest absolute Gasteiger partial charge is 0.387 e. The van der Waals surface area contributed by atoms with E-state index in [1.807, 2.05) is 11.8 Å². The van der Waals surface area contributed by atoms with E-state index in [-0.39, 0.29) is 29.4 Å². The number of hydrogen-bond donors (Lipinski definition) is 3. The summed E-state index contributed by atoms with van der Waals surface area (Å²) in [6.07, 6.45) is 3.11. The highest BCUT2D eigenvalue weighted by Gasteiger charge is 2.63. The van der Waals surface area contributed by atoms with Gasteiger partial charge in [0.15, 0.2) is 0 Å². The summed E-state index contributed by atoms with van der Waals surface area (Å²) >= 11 is 0. The molecule has 1 amide bonds. The van der Waals surface area contributed by atoms with Crippen molar-refractivity contribution in [1.82, 2.24) is 15.2 Å². The SMILES string of the molecule is Cc1c(C(=O)N(C(C)C)C(C)C)[nH]c2c1C[C@@]1(O)[C@@H]3Cc4ccccc4[C@]1(CCN3)C2. The zero-order chi connectivity index (χ0) is 22.1. The van der Waals surface area contributed by atoms with Crippen molar-refractivity contribution in [2.75, 3.05) is 6.54 Å². The van der Waals surface area contributed by atoms with Crippen LogP contribution in [-0.2, 0) is 24.7 Å². The molecule has 2 heterocycles. The lowest BCUT2D eigenvalue weighted by atomic mass is 9.50. The van der Waals surface area contributed by atoms with Crippen LogP contribution >= 0.6 is 0 Å². The van der Waals surface area contributed by atoms with Gasteiger partial charge in [0.2, 0.25) is 0 Å². The van der Waals surface area contributed by atoms with Crippen LogP contribution in [0.2, 0.25) is 0 Å². The number of rotatable bonds is 3. The van der Waals surface area contributed by atoms with Crippen LogP contribution in [0.25, 0.3) is 0 Å². The molecule has 2 bridgehead atoms. The van der Waals surface area contributed by atoms with Crippen molar-refractivity contribution in [3.8, 4) is 0 Å². The Bertz CT molecular complexity index is 1030. The van der Waals surface area contributed by atoms with E-state index in [1.165, 1.54) is 11.1 Å². The van der Waals surface area contributed by atoms with Gasteiger partial charge in [0.25, 0.3) is 5.91 Å². The number of benzene rings is 1. The quantitative estimate of drug-likeness (QED) is 0.713. The highest BCUT2D eigenvalue weighted by atomic mass is 16.3. The molecule has 3 N–H and O–H groups in total. The molecular formula is C26H35N3O2. The average Bonchev–Trinajstić information content (AvgIpc) is 3.00. The van der Waals surface area contributed by atoms with Crippen molar-refractivity contribution in [2.24, 2.45) is 0 Å². The van der Waals surface area contributed by atoms with E-state index in [1.54, 1.807) is 0 Å². The predicted molar refractivity (Wildman–Crippen MR) is 123 cm³/mol. The maximum absolute atomic E-state index is 13.5. The summed E-state index contributed by atoms with van der Waals surface area (Å²) < 4.78 is 0. The minimum absolute atomic E-state index is 0.0422. The zero-order valence-electron chi connectivity index (χ0n) is 19.4. The fourth-order valence-corrected chi connectivity index (χ4v) is 6.87. The highest BCUT2D eigenvalue weighted by Crippen LogP contribution is 2.55. The van der Waals surface area contributed by atoms with E-state index in [2.05, 4.69) is 62.3 Å². The molecule has 5 heteroatoms. The van der Waals surface area contributed by atoms with Gasteiger partial charge in [0.1, 0.15) is 5.69 Å². The third-order valence-corrected chi connectivity index (χ3v) is 8.26. The van der Waals surface area contributed by atoms with Crippen molar-refractivity contribution >= 4 is 5.91 Å². The van der Waals surface area contributed by atoms with E-state index in [4.69, 9.17) is 0 Å². The Morgan fingerprint density at radius 2 is 1.87 bits per heavy atom. The first kappa shape index (κ1) is 20.8. The van der Waals surface area contributed by atoms with Crippen LogP contribution in [0.3, 0.4) is 0 Å². The van der Waals surface area contributed by atoms with Gasteiger partial charge in [-0.15, -0.1) is 0 Å². The van der Waals surface area contributed by atoms with Crippen LogP contribution in [0.5, 0.6) is 0 Å². The maximum Gasteiger partial charge on any atom is 0.271 e. The summed E-state index contributed by atoms with van der Waals surface area (Å²) in [5.74, 6) is 0.0610. The Kier molecular flexibility index (Phi) is 4.65. The van der Waals surface area contributed by atoms with Gasteiger partial charge in [-0.25, -0.2) is 0 Å². The van der Waals surface area contributed by atoms with Gasteiger partial charge < -0.3 is 20.3 Å². The van der Waals surface area contributed by atoms with E-state index < -0.39 is 5.60 Å². The Morgan fingerprint density at radius 3 is 2.58 bits per heavy atom. The molecule has 0 radical (unpaired) electrons. The lowest BCUT2D eigenvalue weighted by molar-refractivity contribution is -0.106. The fraction of sp³-hybridized carbons (Fsp3) is 0.577. The Labute approximate surface area is 185 Å². The summed E-state index contributed by atoms with van der Waals surface area (Å²) in [4.78, 5) is 19.0. The maximum atomic E-state index is 13.5. The zero-order valence-corrected chi connectivity index (χ0v) is 19.4. The number of nitrogens with one attached hydrogen (secondary N) is 2. The Balaban J connectivity index is 1.63. The Hall–Kier alpha value is -2.11. The van der Waals surface area contributed by atoms with E-state index in [0.717, 1.165) is 42.6 Å². The minimum Gasteiger partial charge on any atom is -0.387 e. The van der Waals surface area contributed by atoms with Crippen molar-refractivity contribution < 1.29 is 9.90 Å². The molecule has 1 aromatic heterocycles. The van der Waals surface area contributed by atoms with Gasteiger partial charge in [-0.1, -0.05) is 24.3 Å². The lowest BCUT2D eigenvalue weighted by Gasteiger charge is -2.60. The number of amides is 1. The molecule has 1 saturated heterocycles. The van der Waals surface area contributed by atoms with Crippen LogP contribution in [0.15, 0.2) is 24.3 Å². The number of fused-ring (bicyclic) bond motifs is 2. The first-order valence-corrected chi connectivity index (χ1v) is 11.8. The number of piperidine rings is 1. The smallest absolute Gasteiger partial charge is 0.271 e. The molecule has 0 saturated carbocycles. The summed E-state index contributed by atoms with van der Waals surface area (Å²) in [6, 6.07) is 8.94. The summed E-state index contributed by atoms with van der Waals surface area (Å²) in [5.41, 5.74) is 5.48. The highest BCUT2D eigenvalue weighted by molar-refractivity contribution is 5.95. The van der Waals surface area contributed by atoms with Gasteiger partial charge in [0, 0.05) is 42.1 Å². The number of carbonyl (C=O) groups is 1. The molecule has 0 unspecified atom stereocenters. The van der Waals surface area contributed by atoms with Crippen LogP contribution < -0.4 is 5.32 Å². The average molecular weight is 422 g/mol. The number of carbonyl (C=O) groups excluding carboxylic acids is 1. The molecule has 31 heavy (non-hydrogen) atoms. The second-order valence-corrected chi connectivity index (χ2v) is 10.5. The monoisotopic (exact) mass is 421 g/mol. The lowest BCUT2D eigenvalue weighted by Crippen LogP contribution is -2.73. The molecule has 3 atom stereocenters. The number of aromatic nitrogens is 1. The van der Waals surface area contributed by atoms with E-state index in [9.17, 15) is 9.90 Å². The van der Waals surface area contributed by atoms with Crippen LogP contribution in [0.4, 0.5) is 0 Å². The molecule has 166 valence electrons. The second-order valence-electron chi connectivity index (χ2n) is 10.5. The molecule has 1 fully saturated rings. The number of aliphatic hydroxyl groups is 1.